The maximum atomic E-state index is 12.5. The predicted octanol–water partition coefficient (Wildman–Crippen LogP) is 1.49. The van der Waals surface area contributed by atoms with Gasteiger partial charge in [0.2, 0.25) is 0 Å². The van der Waals surface area contributed by atoms with Crippen molar-refractivity contribution in [1.82, 2.24) is 4.31 Å². The second kappa shape index (κ2) is 5.58. The van der Waals surface area contributed by atoms with Crippen LogP contribution in [0, 0.1) is 10.1 Å². The molecule has 1 atom stereocenters. The number of nitro benzene ring substituents is 1. The minimum Gasteiger partial charge on any atom is -0.480 e. The van der Waals surface area contributed by atoms with Crippen LogP contribution in [0.5, 0.6) is 0 Å². The van der Waals surface area contributed by atoms with Crippen molar-refractivity contribution in [2.75, 3.05) is 6.54 Å². The van der Waals surface area contributed by atoms with E-state index in [1.807, 2.05) is 0 Å². The minimum absolute atomic E-state index is 0.00294. The summed E-state index contributed by atoms with van der Waals surface area (Å²) in [6, 6.07) is 1.94. The van der Waals surface area contributed by atoms with Gasteiger partial charge in [0, 0.05) is 17.6 Å². The van der Waals surface area contributed by atoms with Gasteiger partial charge in [-0.2, -0.15) is 4.31 Å². The van der Waals surface area contributed by atoms with E-state index >= 15 is 0 Å². The summed E-state index contributed by atoms with van der Waals surface area (Å²) in [5, 5.41) is 20.1. The third kappa shape index (κ3) is 2.85. The SMILES string of the molecule is O=C(O)[C@@H]1CCCN1S(=O)(=O)c1cc(Cl)ccc1[N+](=O)[O-]. The number of carboxylic acid groups (broad SMARTS) is 1. The van der Waals surface area contributed by atoms with Crippen LogP contribution >= 0.6 is 11.6 Å². The van der Waals surface area contributed by atoms with Crippen LogP contribution in [0.3, 0.4) is 0 Å². The van der Waals surface area contributed by atoms with Gasteiger partial charge in [-0.1, -0.05) is 11.6 Å². The molecule has 1 N–H and O–H groups in total. The van der Waals surface area contributed by atoms with Crippen molar-refractivity contribution in [3.63, 3.8) is 0 Å². The Labute approximate surface area is 125 Å². The van der Waals surface area contributed by atoms with E-state index in [0.717, 1.165) is 16.4 Å². The first-order chi connectivity index (χ1) is 9.75. The average molecular weight is 335 g/mol. The second-order valence-corrected chi connectivity index (χ2v) is 6.78. The standard InChI is InChI=1S/C11H11ClN2O6S/c12-7-3-4-8(14(17)18)10(6-7)21(19,20)13-5-1-2-9(13)11(15)16/h3-4,6,9H,1-2,5H2,(H,15,16)/t9-/m0/s1. The van der Waals surface area contributed by atoms with Gasteiger partial charge in [0.15, 0.2) is 4.90 Å². The summed E-state index contributed by atoms with van der Waals surface area (Å²) in [6.45, 7) is 0.00294. The number of carbonyl (C=O) groups is 1. The molecular weight excluding hydrogens is 324 g/mol. The van der Waals surface area contributed by atoms with Crippen LogP contribution in [-0.4, -0.2) is 41.3 Å². The first-order valence-corrected chi connectivity index (χ1v) is 7.75. The molecule has 1 aliphatic rings. The van der Waals surface area contributed by atoms with E-state index in [1.54, 1.807) is 0 Å². The van der Waals surface area contributed by atoms with Crippen LogP contribution in [0.25, 0.3) is 0 Å². The molecule has 114 valence electrons. The number of halogens is 1. The normalized spacial score (nSPS) is 19.6. The van der Waals surface area contributed by atoms with Crippen LogP contribution in [0.15, 0.2) is 23.1 Å². The van der Waals surface area contributed by atoms with Gasteiger partial charge in [-0.15, -0.1) is 0 Å². The van der Waals surface area contributed by atoms with Gasteiger partial charge >= 0.3 is 5.97 Å². The maximum absolute atomic E-state index is 12.5. The number of aliphatic carboxylic acids is 1. The number of sulfonamides is 1. The van der Waals surface area contributed by atoms with Crippen molar-refractivity contribution < 1.29 is 23.2 Å². The van der Waals surface area contributed by atoms with E-state index < -0.39 is 37.5 Å². The van der Waals surface area contributed by atoms with E-state index in [-0.39, 0.29) is 18.0 Å². The monoisotopic (exact) mass is 334 g/mol. The summed E-state index contributed by atoms with van der Waals surface area (Å²) >= 11 is 5.71. The Bertz CT molecular complexity index is 705. The smallest absolute Gasteiger partial charge is 0.322 e. The molecule has 21 heavy (non-hydrogen) atoms. The summed E-state index contributed by atoms with van der Waals surface area (Å²) in [6.07, 6.45) is 0.549. The van der Waals surface area contributed by atoms with E-state index in [1.165, 1.54) is 6.07 Å². The quantitative estimate of drug-likeness (QED) is 0.658. The van der Waals surface area contributed by atoms with Gasteiger partial charge in [-0.05, 0) is 25.0 Å². The largest absolute Gasteiger partial charge is 0.480 e. The number of benzene rings is 1. The summed E-state index contributed by atoms with van der Waals surface area (Å²) in [4.78, 5) is 20.7. The summed E-state index contributed by atoms with van der Waals surface area (Å²) in [5.74, 6) is -1.28. The highest BCUT2D eigenvalue weighted by atomic mass is 35.5. The lowest BCUT2D eigenvalue weighted by atomic mass is 10.2. The molecule has 1 aliphatic heterocycles. The van der Waals surface area contributed by atoms with Crippen molar-refractivity contribution in [3.8, 4) is 0 Å². The molecule has 0 aliphatic carbocycles. The number of carboxylic acids is 1. The fourth-order valence-corrected chi connectivity index (χ4v) is 4.32. The number of hydrogen-bond acceptors (Lipinski definition) is 5. The van der Waals surface area contributed by atoms with Crippen molar-refractivity contribution in [2.24, 2.45) is 0 Å². The van der Waals surface area contributed by atoms with Crippen molar-refractivity contribution in [2.45, 2.75) is 23.8 Å². The number of rotatable bonds is 4. The highest BCUT2D eigenvalue weighted by Gasteiger charge is 2.42. The summed E-state index contributed by atoms with van der Waals surface area (Å²) < 4.78 is 25.8. The lowest BCUT2D eigenvalue weighted by Gasteiger charge is -2.20. The zero-order valence-electron chi connectivity index (χ0n) is 10.6. The maximum Gasteiger partial charge on any atom is 0.322 e. The lowest BCUT2D eigenvalue weighted by molar-refractivity contribution is -0.387. The lowest BCUT2D eigenvalue weighted by Crippen LogP contribution is -2.40. The van der Waals surface area contributed by atoms with E-state index in [9.17, 15) is 23.3 Å². The molecule has 0 radical (unpaired) electrons. The van der Waals surface area contributed by atoms with E-state index in [0.29, 0.717) is 6.42 Å². The molecule has 1 aromatic rings. The first-order valence-electron chi connectivity index (χ1n) is 5.93. The van der Waals surface area contributed by atoms with Crippen LogP contribution in [0.1, 0.15) is 12.8 Å². The average Bonchev–Trinajstić information content (AvgIpc) is 2.88. The second-order valence-electron chi connectivity index (χ2n) is 4.48. The van der Waals surface area contributed by atoms with Gasteiger partial charge in [0.05, 0.1) is 4.92 Å². The van der Waals surface area contributed by atoms with Crippen molar-refractivity contribution in [3.05, 3.63) is 33.3 Å². The molecule has 8 nitrogen and oxygen atoms in total. The zero-order valence-corrected chi connectivity index (χ0v) is 12.2. The van der Waals surface area contributed by atoms with E-state index in [2.05, 4.69) is 0 Å². The Morgan fingerprint density at radius 2 is 2.14 bits per heavy atom. The van der Waals surface area contributed by atoms with E-state index in [4.69, 9.17) is 16.7 Å². The predicted molar refractivity (Wildman–Crippen MR) is 72.7 cm³/mol. The molecule has 0 saturated carbocycles. The Balaban J connectivity index is 2.56. The van der Waals surface area contributed by atoms with Gasteiger partial charge < -0.3 is 5.11 Å². The number of hydrogen-bond donors (Lipinski definition) is 1. The Hall–Kier alpha value is -1.71. The zero-order chi connectivity index (χ0) is 15.8. The van der Waals surface area contributed by atoms with Crippen LogP contribution < -0.4 is 0 Å². The Morgan fingerprint density at radius 3 is 2.71 bits per heavy atom. The molecule has 1 aromatic carbocycles. The summed E-state index contributed by atoms with van der Waals surface area (Å²) in [5.41, 5.74) is -0.629. The molecule has 1 saturated heterocycles. The number of nitro groups is 1. The topological polar surface area (TPSA) is 118 Å². The van der Waals surface area contributed by atoms with Crippen molar-refractivity contribution >= 4 is 33.3 Å². The Morgan fingerprint density at radius 1 is 1.48 bits per heavy atom. The van der Waals surface area contributed by atoms with Gasteiger partial charge in [0.1, 0.15) is 6.04 Å². The van der Waals surface area contributed by atoms with Crippen molar-refractivity contribution in [1.29, 1.82) is 0 Å². The number of nitrogens with zero attached hydrogens (tertiary/aromatic N) is 2. The third-order valence-electron chi connectivity index (χ3n) is 3.19. The molecule has 0 bridgehead atoms. The molecule has 2 rings (SSSR count). The fraction of sp³-hybridized carbons (Fsp3) is 0.364. The molecule has 10 heteroatoms. The van der Waals surface area contributed by atoms with Gasteiger partial charge in [0.25, 0.3) is 15.7 Å². The third-order valence-corrected chi connectivity index (χ3v) is 5.37. The first kappa shape index (κ1) is 15.7. The van der Waals surface area contributed by atoms with Crippen LogP contribution in [-0.2, 0) is 14.8 Å². The van der Waals surface area contributed by atoms with Gasteiger partial charge in [-0.3, -0.25) is 14.9 Å². The molecular formula is C11H11ClN2O6S. The fourth-order valence-electron chi connectivity index (χ4n) is 2.25. The molecule has 0 amide bonds. The molecule has 0 aromatic heterocycles. The van der Waals surface area contributed by atoms with Crippen LogP contribution in [0.2, 0.25) is 5.02 Å². The minimum atomic E-state index is -4.30. The van der Waals surface area contributed by atoms with Gasteiger partial charge in [-0.25, -0.2) is 8.42 Å². The molecule has 0 spiro atoms. The highest BCUT2D eigenvalue weighted by Crippen LogP contribution is 2.33. The molecule has 1 fully saturated rings. The highest BCUT2D eigenvalue weighted by molar-refractivity contribution is 7.89. The summed E-state index contributed by atoms with van der Waals surface area (Å²) in [7, 11) is -4.30. The molecule has 1 heterocycles. The van der Waals surface area contributed by atoms with Crippen LogP contribution in [0.4, 0.5) is 5.69 Å². The Kier molecular flexibility index (Phi) is 4.17. The molecule has 0 unspecified atom stereocenters.